The molecule has 2 aromatic rings. The first-order valence-electron chi connectivity index (χ1n) is 4.67. The van der Waals surface area contributed by atoms with Crippen molar-refractivity contribution in [3.8, 4) is 12.3 Å². The molecule has 2 aromatic heterocycles. The Balaban J connectivity index is 2.68. The Kier molecular flexibility index (Phi) is 2.57. The maximum atomic E-state index is 11.9. The molecule has 0 atom stereocenters. The number of hydrogen-bond acceptors (Lipinski definition) is 3. The minimum absolute atomic E-state index is 0.0473. The van der Waals surface area contributed by atoms with Gasteiger partial charge in [0.2, 0.25) is 0 Å². The summed E-state index contributed by atoms with van der Waals surface area (Å²) in [6, 6.07) is 1.91. The first-order valence-corrected chi connectivity index (χ1v) is 5.49. The van der Waals surface area contributed by atoms with E-state index in [1.807, 2.05) is 6.07 Å². The van der Waals surface area contributed by atoms with Gasteiger partial charge >= 0.3 is 0 Å². The Bertz CT molecular complexity index is 589. The van der Waals surface area contributed by atoms with Gasteiger partial charge in [-0.1, -0.05) is 12.8 Å². The van der Waals surface area contributed by atoms with E-state index in [2.05, 4.69) is 17.8 Å². The summed E-state index contributed by atoms with van der Waals surface area (Å²) in [6.45, 7) is 2.34. The molecule has 0 aromatic carbocycles. The molecule has 0 aliphatic carbocycles. The molecule has 15 heavy (non-hydrogen) atoms. The summed E-state index contributed by atoms with van der Waals surface area (Å²) >= 11 is 1.56. The molecule has 3 nitrogen and oxygen atoms in total. The molecule has 0 fully saturated rings. The highest BCUT2D eigenvalue weighted by atomic mass is 32.1. The van der Waals surface area contributed by atoms with Crippen LogP contribution < -0.4 is 5.56 Å². The fourth-order valence-corrected chi connectivity index (χ4v) is 2.32. The van der Waals surface area contributed by atoms with Crippen molar-refractivity contribution in [3.05, 3.63) is 27.6 Å². The number of hydrogen-bond donors (Lipinski definition) is 0. The second-order valence-corrected chi connectivity index (χ2v) is 4.28. The summed E-state index contributed by atoms with van der Waals surface area (Å²) in [4.78, 5) is 18.1. The first kappa shape index (κ1) is 9.94. The van der Waals surface area contributed by atoms with E-state index in [1.165, 1.54) is 15.8 Å². The summed E-state index contributed by atoms with van der Waals surface area (Å²) in [7, 11) is 0. The topological polar surface area (TPSA) is 34.9 Å². The lowest BCUT2D eigenvalue weighted by atomic mass is 10.3. The average molecular weight is 218 g/mol. The SMILES string of the molecule is C#CCn1cnc2sc(CC)cc2c1=O. The normalized spacial score (nSPS) is 10.4. The third kappa shape index (κ3) is 1.66. The zero-order valence-electron chi connectivity index (χ0n) is 8.36. The molecular weight excluding hydrogens is 208 g/mol. The van der Waals surface area contributed by atoms with Crippen molar-refractivity contribution >= 4 is 21.6 Å². The Hall–Kier alpha value is -1.60. The zero-order chi connectivity index (χ0) is 10.8. The number of terminal acetylenes is 1. The number of aromatic nitrogens is 2. The van der Waals surface area contributed by atoms with Crippen LogP contribution in [0.15, 0.2) is 17.2 Å². The van der Waals surface area contributed by atoms with Gasteiger partial charge in [-0.05, 0) is 12.5 Å². The molecule has 0 aliphatic rings. The minimum atomic E-state index is -0.0473. The van der Waals surface area contributed by atoms with Crippen LogP contribution in [0.25, 0.3) is 10.2 Å². The number of rotatable bonds is 2. The van der Waals surface area contributed by atoms with Gasteiger partial charge < -0.3 is 0 Å². The van der Waals surface area contributed by atoms with E-state index in [4.69, 9.17) is 6.42 Å². The zero-order valence-corrected chi connectivity index (χ0v) is 9.17. The molecule has 4 heteroatoms. The van der Waals surface area contributed by atoms with E-state index in [-0.39, 0.29) is 12.1 Å². The molecule has 0 amide bonds. The molecule has 0 spiro atoms. The second kappa shape index (κ2) is 3.87. The molecule has 0 saturated carbocycles. The maximum absolute atomic E-state index is 11.9. The van der Waals surface area contributed by atoms with Crippen molar-refractivity contribution in [2.24, 2.45) is 0 Å². The lowest BCUT2D eigenvalue weighted by Crippen LogP contribution is -2.19. The molecule has 0 unspecified atom stereocenters. The number of aryl methyl sites for hydroxylation is 1. The van der Waals surface area contributed by atoms with Crippen LogP contribution >= 0.6 is 11.3 Å². The predicted molar refractivity (Wildman–Crippen MR) is 62.1 cm³/mol. The molecule has 0 bridgehead atoms. The van der Waals surface area contributed by atoms with Crippen molar-refractivity contribution in [2.45, 2.75) is 19.9 Å². The fraction of sp³-hybridized carbons (Fsp3) is 0.273. The Labute approximate surface area is 91.4 Å². The van der Waals surface area contributed by atoms with Crippen LogP contribution in [0.1, 0.15) is 11.8 Å². The number of fused-ring (bicyclic) bond motifs is 1. The number of nitrogens with zero attached hydrogens (tertiary/aromatic N) is 2. The van der Waals surface area contributed by atoms with Crippen LogP contribution in [0, 0.1) is 12.3 Å². The van der Waals surface area contributed by atoms with E-state index in [0.717, 1.165) is 11.3 Å². The van der Waals surface area contributed by atoms with Crippen molar-refractivity contribution in [3.63, 3.8) is 0 Å². The van der Waals surface area contributed by atoms with Crippen LogP contribution in [-0.4, -0.2) is 9.55 Å². The van der Waals surface area contributed by atoms with Gasteiger partial charge in [0.05, 0.1) is 18.3 Å². The first-order chi connectivity index (χ1) is 7.26. The van der Waals surface area contributed by atoms with Gasteiger partial charge in [-0.15, -0.1) is 17.8 Å². The van der Waals surface area contributed by atoms with Crippen LogP contribution in [0.2, 0.25) is 0 Å². The molecule has 0 aliphatic heterocycles. The van der Waals surface area contributed by atoms with Crippen molar-refractivity contribution < 1.29 is 0 Å². The highest BCUT2D eigenvalue weighted by molar-refractivity contribution is 7.18. The highest BCUT2D eigenvalue weighted by Crippen LogP contribution is 2.20. The van der Waals surface area contributed by atoms with Gasteiger partial charge in [0.25, 0.3) is 5.56 Å². The van der Waals surface area contributed by atoms with Gasteiger partial charge in [-0.2, -0.15) is 0 Å². The number of thiophene rings is 1. The summed E-state index contributed by atoms with van der Waals surface area (Å²) in [6.07, 6.45) is 7.61. The van der Waals surface area contributed by atoms with E-state index in [0.29, 0.717) is 5.39 Å². The van der Waals surface area contributed by atoms with Crippen LogP contribution in [0.4, 0.5) is 0 Å². The average Bonchev–Trinajstić information content (AvgIpc) is 2.66. The summed E-state index contributed by atoms with van der Waals surface area (Å²) in [5, 5.41) is 0.676. The monoisotopic (exact) mass is 218 g/mol. The van der Waals surface area contributed by atoms with Crippen LogP contribution in [-0.2, 0) is 13.0 Å². The van der Waals surface area contributed by atoms with Gasteiger partial charge in [0.1, 0.15) is 4.83 Å². The Morgan fingerprint density at radius 3 is 3.13 bits per heavy atom. The maximum Gasteiger partial charge on any atom is 0.262 e. The third-order valence-electron chi connectivity index (χ3n) is 2.18. The van der Waals surface area contributed by atoms with E-state index >= 15 is 0 Å². The second-order valence-electron chi connectivity index (χ2n) is 3.17. The molecule has 0 saturated heterocycles. The molecule has 2 heterocycles. The molecule has 0 radical (unpaired) electrons. The van der Waals surface area contributed by atoms with Gasteiger partial charge in [-0.3, -0.25) is 9.36 Å². The van der Waals surface area contributed by atoms with E-state index < -0.39 is 0 Å². The predicted octanol–water partition coefficient (Wildman–Crippen LogP) is 1.65. The Morgan fingerprint density at radius 1 is 1.67 bits per heavy atom. The third-order valence-corrected chi connectivity index (χ3v) is 3.37. The molecule has 76 valence electrons. The van der Waals surface area contributed by atoms with Gasteiger partial charge in [-0.25, -0.2) is 4.98 Å². The molecule has 2 rings (SSSR count). The van der Waals surface area contributed by atoms with Crippen molar-refractivity contribution in [2.75, 3.05) is 0 Å². The summed E-state index contributed by atoms with van der Waals surface area (Å²) < 4.78 is 1.45. The lowest BCUT2D eigenvalue weighted by Gasteiger charge is -1.97. The lowest BCUT2D eigenvalue weighted by molar-refractivity contribution is 0.784. The quantitative estimate of drug-likeness (QED) is 0.718. The largest absolute Gasteiger partial charge is 0.287 e. The van der Waals surface area contributed by atoms with Crippen LogP contribution in [0.5, 0.6) is 0 Å². The summed E-state index contributed by atoms with van der Waals surface area (Å²) in [5.74, 6) is 2.44. The fourth-order valence-electron chi connectivity index (χ4n) is 1.39. The van der Waals surface area contributed by atoms with Crippen LogP contribution in [0.3, 0.4) is 0 Å². The van der Waals surface area contributed by atoms with Crippen molar-refractivity contribution in [1.29, 1.82) is 0 Å². The Morgan fingerprint density at radius 2 is 2.47 bits per heavy atom. The van der Waals surface area contributed by atoms with Gasteiger partial charge in [0, 0.05) is 4.88 Å². The highest BCUT2D eigenvalue weighted by Gasteiger charge is 2.07. The standard InChI is InChI=1S/C11H10N2OS/c1-3-5-13-7-12-10-9(11(13)14)6-8(4-2)15-10/h1,6-7H,4-5H2,2H3. The summed E-state index contributed by atoms with van der Waals surface area (Å²) in [5.41, 5.74) is -0.0473. The van der Waals surface area contributed by atoms with E-state index in [1.54, 1.807) is 11.3 Å². The van der Waals surface area contributed by atoms with Crippen molar-refractivity contribution in [1.82, 2.24) is 9.55 Å². The molecule has 0 N–H and O–H groups in total. The smallest absolute Gasteiger partial charge is 0.262 e. The van der Waals surface area contributed by atoms with E-state index in [9.17, 15) is 4.79 Å². The minimum Gasteiger partial charge on any atom is -0.287 e. The molecular formula is C11H10N2OS. The van der Waals surface area contributed by atoms with Gasteiger partial charge in [0.15, 0.2) is 0 Å².